The maximum absolute atomic E-state index is 6.04. The maximum Gasteiger partial charge on any atom is 0.311 e. The molecule has 0 unspecified atom stereocenters. The second-order valence-electron chi connectivity index (χ2n) is 3.86. The van der Waals surface area contributed by atoms with Crippen LogP contribution in [-0.4, -0.2) is 19.9 Å². The summed E-state index contributed by atoms with van der Waals surface area (Å²) in [7, 11) is 3.63. The molecule has 0 saturated carbocycles. The Morgan fingerprint density at radius 2 is 1.22 bits per heavy atom. The zero-order chi connectivity index (χ0) is 12.9. The van der Waals surface area contributed by atoms with Crippen LogP contribution in [0.4, 0.5) is 0 Å². The lowest BCUT2D eigenvalue weighted by atomic mass is 10.4. The standard InChI is InChI=1S/C10H8Cl2N6/c1-17-3-13-7(11)5-9(17)15-6-8(12)14-4-18(2)10(6)16-5/h3-4H,1-2H3/q+2. The Kier molecular flexibility index (Phi) is 2.49. The molecule has 0 atom stereocenters. The highest BCUT2D eigenvalue weighted by molar-refractivity contribution is 6.34. The highest BCUT2D eigenvalue weighted by Gasteiger charge is 2.24. The second kappa shape index (κ2) is 3.93. The molecule has 0 spiro atoms. The SMILES string of the molecule is C[n+]1cnc(Cl)c2nc3c(nc21)c(Cl)nc[n+]3C. The van der Waals surface area contributed by atoms with Crippen LogP contribution in [0.25, 0.3) is 22.3 Å². The van der Waals surface area contributed by atoms with E-state index in [1.54, 1.807) is 21.8 Å². The lowest BCUT2D eigenvalue weighted by molar-refractivity contribution is -0.652. The fourth-order valence-electron chi connectivity index (χ4n) is 1.69. The molecule has 8 heteroatoms. The van der Waals surface area contributed by atoms with Gasteiger partial charge < -0.3 is 0 Å². The third-order valence-corrected chi connectivity index (χ3v) is 3.16. The van der Waals surface area contributed by atoms with Gasteiger partial charge in [-0.3, -0.25) is 0 Å². The van der Waals surface area contributed by atoms with Gasteiger partial charge in [0.1, 0.15) is 0 Å². The highest BCUT2D eigenvalue weighted by atomic mass is 35.5. The van der Waals surface area contributed by atoms with Crippen LogP contribution in [0, 0.1) is 0 Å². The summed E-state index contributed by atoms with van der Waals surface area (Å²) in [6.07, 6.45) is 3.16. The molecule has 0 amide bonds. The molecule has 0 aliphatic rings. The summed E-state index contributed by atoms with van der Waals surface area (Å²) in [5.41, 5.74) is 2.29. The van der Waals surface area contributed by atoms with Crippen LogP contribution in [0.5, 0.6) is 0 Å². The van der Waals surface area contributed by atoms with Crippen molar-refractivity contribution in [3.8, 4) is 0 Å². The third kappa shape index (κ3) is 1.57. The Morgan fingerprint density at radius 3 is 1.61 bits per heavy atom. The van der Waals surface area contributed by atoms with Gasteiger partial charge in [0, 0.05) is 0 Å². The van der Waals surface area contributed by atoms with Gasteiger partial charge in [-0.2, -0.15) is 0 Å². The van der Waals surface area contributed by atoms with Crippen LogP contribution in [0.2, 0.25) is 10.3 Å². The van der Waals surface area contributed by atoms with Crippen molar-refractivity contribution in [3.63, 3.8) is 0 Å². The van der Waals surface area contributed by atoms with Crippen molar-refractivity contribution in [1.82, 2.24) is 19.9 Å². The van der Waals surface area contributed by atoms with Crippen molar-refractivity contribution in [1.29, 1.82) is 0 Å². The van der Waals surface area contributed by atoms with E-state index in [4.69, 9.17) is 23.2 Å². The first-order chi connectivity index (χ1) is 8.58. The smallest absolute Gasteiger partial charge is 0.233 e. The van der Waals surface area contributed by atoms with Crippen LogP contribution in [0.1, 0.15) is 0 Å². The number of hydrogen-bond donors (Lipinski definition) is 0. The molecular formula is C10H8Cl2N6+2. The summed E-state index contributed by atoms with van der Waals surface area (Å²) < 4.78 is 3.47. The minimum absolute atomic E-state index is 0.311. The van der Waals surface area contributed by atoms with E-state index in [1.807, 2.05) is 14.1 Å². The first-order valence-corrected chi connectivity index (χ1v) is 5.85. The molecule has 0 radical (unpaired) electrons. The number of hydrogen-bond acceptors (Lipinski definition) is 4. The van der Waals surface area contributed by atoms with Gasteiger partial charge >= 0.3 is 11.3 Å². The normalized spacial score (nSPS) is 11.3. The minimum Gasteiger partial charge on any atom is -0.233 e. The lowest BCUT2D eigenvalue weighted by Crippen LogP contribution is -2.34. The third-order valence-electron chi connectivity index (χ3n) is 2.61. The van der Waals surface area contributed by atoms with Crippen LogP contribution in [-0.2, 0) is 14.1 Å². The lowest BCUT2D eigenvalue weighted by Gasteiger charge is -1.97. The van der Waals surface area contributed by atoms with Gasteiger partial charge in [-0.15, -0.1) is 0 Å². The first-order valence-electron chi connectivity index (χ1n) is 5.09. The molecule has 0 saturated heterocycles. The summed E-state index contributed by atoms with van der Waals surface area (Å²) in [5.74, 6) is 0. The molecule has 0 fully saturated rings. The van der Waals surface area contributed by atoms with Gasteiger partial charge in [-0.25, -0.2) is 9.13 Å². The summed E-state index contributed by atoms with van der Waals surface area (Å²) in [6.45, 7) is 0. The molecule has 3 heterocycles. The number of fused-ring (bicyclic) bond motifs is 2. The Bertz CT molecular complexity index is 659. The van der Waals surface area contributed by atoms with E-state index >= 15 is 0 Å². The maximum atomic E-state index is 6.04. The topological polar surface area (TPSA) is 59.3 Å². The first kappa shape index (κ1) is 11.4. The van der Waals surface area contributed by atoms with Crippen LogP contribution >= 0.6 is 23.2 Å². The molecule has 18 heavy (non-hydrogen) atoms. The quantitative estimate of drug-likeness (QED) is 0.343. The van der Waals surface area contributed by atoms with E-state index in [0.29, 0.717) is 32.6 Å². The molecule has 0 aromatic carbocycles. The zero-order valence-corrected chi connectivity index (χ0v) is 11.1. The number of rotatable bonds is 0. The van der Waals surface area contributed by atoms with Gasteiger partial charge in [0.05, 0.1) is 14.1 Å². The van der Waals surface area contributed by atoms with Crippen molar-refractivity contribution in [3.05, 3.63) is 23.0 Å². The zero-order valence-electron chi connectivity index (χ0n) is 9.59. The summed E-state index contributed by atoms with van der Waals surface area (Å²) in [4.78, 5) is 17.0. The molecule has 6 nitrogen and oxygen atoms in total. The second-order valence-corrected chi connectivity index (χ2v) is 4.58. The largest absolute Gasteiger partial charge is 0.311 e. The summed E-state index contributed by atoms with van der Waals surface area (Å²) in [6, 6.07) is 0. The van der Waals surface area contributed by atoms with E-state index in [9.17, 15) is 0 Å². The van der Waals surface area contributed by atoms with E-state index in [-0.39, 0.29) is 0 Å². The van der Waals surface area contributed by atoms with Crippen molar-refractivity contribution in [2.45, 2.75) is 0 Å². The van der Waals surface area contributed by atoms with E-state index in [1.165, 1.54) is 0 Å². The van der Waals surface area contributed by atoms with Crippen molar-refractivity contribution in [2.24, 2.45) is 14.1 Å². The van der Waals surface area contributed by atoms with E-state index < -0.39 is 0 Å². The molecule has 90 valence electrons. The van der Waals surface area contributed by atoms with Gasteiger partial charge in [0.25, 0.3) is 21.3 Å². The Morgan fingerprint density at radius 1 is 0.833 bits per heavy atom. The molecule has 3 aromatic rings. The highest BCUT2D eigenvalue weighted by Crippen LogP contribution is 2.19. The summed E-state index contributed by atoms with van der Waals surface area (Å²) in [5, 5.41) is 0.621. The molecule has 0 N–H and O–H groups in total. The molecule has 0 aliphatic carbocycles. The predicted molar refractivity (Wildman–Crippen MR) is 65.0 cm³/mol. The van der Waals surface area contributed by atoms with E-state index in [2.05, 4.69) is 19.9 Å². The van der Waals surface area contributed by atoms with Crippen LogP contribution in [0.3, 0.4) is 0 Å². The van der Waals surface area contributed by atoms with Gasteiger partial charge in [-0.1, -0.05) is 19.9 Å². The van der Waals surface area contributed by atoms with Crippen LogP contribution in [0.15, 0.2) is 12.7 Å². The number of aromatic nitrogens is 6. The molecule has 3 rings (SSSR count). The number of aryl methyl sites for hydroxylation is 2. The van der Waals surface area contributed by atoms with Gasteiger partial charge in [0.2, 0.25) is 12.7 Å². The molecule has 0 aliphatic heterocycles. The number of halogens is 2. The number of nitrogens with zero attached hydrogens (tertiary/aromatic N) is 6. The average Bonchev–Trinajstić information content (AvgIpc) is 2.37. The van der Waals surface area contributed by atoms with Gasteiger partial charge in [-0.05, 0) is 23.2 Å². The molecular weight excluding hydrogens is 275 g/mol. The fourth-order valence-corrected chi connectivity index (χ4v) is 2.03. The van der Waals surface area contributed by atoms with Crippen molar-refractivity contribution >= 4 is 45.5 Å². The van der Waals surface area contributed by atoms with E-state index in [0.717, 1.165) is 0 Å². The molecule has 0 bridgehead atoms. The Hall–Kier alpha value is -1.66. The van der Waals surface area contributed by atoms with Crippen molar-refractivity contribution in [2.75, 3.05) is 0 Å². The summed E-state index contributed by atoms with van der Waals surface area (Å²) >= 11 is 12.1. The van der Waals surface area contributed by atoms with Crippen LogP contribution < -0.4 is 9.13 Å². The minimum atomic E-state index is 0.311. The average molecular weight is 283 g/mol. The Balaban J connectivity index is 2.59. The molecule has 3 aromatic heterocycles. The monoisotopic (exact) mass is 282 g/mol. The van der Waals surface area contributed by atoms with Crippen molar-refractivity contribution < 1.29 is 9.13 Å². The predicted octanol–water partition coefficient (Wildman–Crippen LogP) is 0.529. The Labute approximate surface area is 112 Å². The fraction of sp³-hybridized carbons (Fsp3) is 0.200. The van der Waals surface area contributed by atoms with Gasteiger partial charge in [0.15, 0.2) is 0 Å².